The lowest BCUT2D eigenvalue weighted by molar-refractivity contribution is 0.416. The Bertz CT molecular complexity index is 1980. The number of nitrogens with one attached hydrogen (secondary N) is 2. The number of thiophene rings is 1. The Morgan fingerprint density at radius 3 is 0.885 bits per heavy atom. The maximum absolute atomic E-state index is 4.58. The highest BCUT2D eigenvalue weighted by atomic mass is 32.1. The van der Waals surface area contributed by atoms with Gasteiger partial charge in [-0.1, -0.05) is 375 Å². The Hall–Kier alpha value is -6.95. The number of aromatic amines is 2. The molecule has 0 saturated heterocycles. The van der Waals surface area contributed by atoms with Crippen LogP contribution in [0.1, 0.15) is 351 Å². The van der Waals surface area contributed by atoms with Gasteiger partial charge in [-0.15, -0.1) is 43.1 Å². The lowest BCUT2D eigenvalue weighted by atomic mass is 10.1. The fraction of sp³-hybridized carbons (Fsp3) is 0.656. The summed E-state index contributed by atoms with van der Waals surface area (Å²) in [5, 5.41) is 37.3. The van der Waals surface area contributed by atoms with Gasteiger partial charge < -0.3 is 17.8 Å². The fourth-order valence-corrected chi connectivity index (χ4v) is 4.28. The van der Waals surface area contributed by atoms with Gasteiger partial charge in [0.15, 0.2) is 12.7 Å². The van der Waals surface area contributed by atoms with Crippen LogP contribution in [0.5, 0.6) is 0 Å². The fourth-order valence-electron chi connectivity index (χ4n) is 2.94. The summed E-state index contributed by atoms with van der Waals surface area (Å²) in [6, 6.07) is 15.9. The second-order valence-corrected chi connectivity index (χ2v) is 27.7. The predicted octanol–water partition coefficient (Wildman–Crippen LogP) is 33.8. The zero-order valence-corrected chi connectivity index (χ0v) is 85.8. The van der Waals surface area contributed by atoms with Crippen LogP contribution < -0.4 is 0 Å². The number of nitrogens with zero attached hydrogens (tertiary/aromatic N) is 13. The first-order valence-corrected chi connectivity index (χ1v) is 45.1. The second kappa shape index (κ2) is 165. The van der Waals surface area contributed by atoms with E-state index in [2.05, 4.69) is 300 Å². The molecule has 670 valence electrons. The largest absolute Gasteiger partial charge is 0.473 e. The quantitative estimate of drug-likeness (QED) is 0.155. The number of hydrogen-bond donors (Lipinski definition) is 2. The van der Waals surface area contributed by atoms with Crippen LogP contribution in [-0.2, 0) is 0 Å². The van der Waals surface area contributed by atoms with Crippen LogP contribution in [-0.4, -0.2) is 75.2 Å². The zero-order valence-electron chi connectivity index (χ0n) is 82.5. The standard InChI is InChI=1S/C10H12N2.C4H4O.C4H4S.9C4H10.C3H3NO.C3H3NS.C2H3N3.2C2H2N2O.2C2H2N2S.10C2H6/c1-7(2)10-8-5-3-4-6-9(8)11-12-10;2*1-2-4-5-3-1;9*1-4(2)3;2*1-2-5-3-4-1;1-3-2-5-4-1;1-3-4-2-5-1;1-3-2-5-4-1;1-3-4-2-5-1;1-3-2-5-4-1;10*1-2/h3-7H,1-2H3,(H,11,12);2*1-4H;9*4H,1-3H3;2*1-3H;1-2H,(H,3,4,5);4*1-2H;10*1-2H3. The topological polar surface area (TPSA) is 252 Å². The highest BCUT2D eigenvalue weighted by molar-refractivity contribution is 7.08. The van der Waals surface area contributed by atoms with Crippen molar-refractivity contribution in [2.75, 3.05) is 0 Å². The summed E-state index contributed by atoms with van der Waals surface area (Å²) in [6.45, 7) is 103. The second-order valence-electron chi connectivity index (χ2n) is 24.8. The number of aromatic nitrogens is 15. The molecule has 0 radical (unpaired) electrons. The maximum Gasteiger partial charge on any atom is 0.213 e. The molecule has 113 heavy (non-hydrogen) atoms. The van der Waals surface area contributed by atoms with Crippen molar-refractivity contribution in [2.24, 2.45) is 53.3 Å². The van der Waals surface area contributed by atoms with E-state index >= 15 is 0 Å². The van der Waals surface area contributed by atoms with Crippen molar-refractivity contribution in [1.82, 2.24) is 75.2 Å². The first-order valence-electron chi connectivity index (χ1n) is 41.4. The SMILES string of the molecule is CC.CC.CC.CC.CC.CC.CC.CC.CC.CC.CC(C)C.CC(C)C.CC(C)C.CC(C)C.CC(C)C.CC(C)C.CC(C)C.CC(C)C.CC(C)C.CC(C)c1[nH]nc2ccccc12.c1ccoc1.c1ccsc1.c1cocn1.c1cscn1.c1nc[nH]n1.c1ncon1.c1ncsn1.c1nnco1.c1nncs1. The molecular formula is C90H187N15O4S4. The minimum atomic E-state index is 0.511. The zero-order chi connectivity index (χ0) is 92.6. The smallest absolute Gasteiger partial charge is 0.213 e. The highest BCUT2D eigenvalue weighted by Gasteiger charge is 2.06. The number of H-pyrrole nitrogens is 2. The van der Waals surface area contributed by atoms with Crippen LogP contribution in [0.15, 0.2) is 187 Å². The third-order valence-corrected chi connectivity index (χ3v) is 7.09. The molecule has 0 saturated carbocycles. The summed E-state index contributed by atoms with van der Waals surface area (Å²) in [6.07, 6.45) is 19.1. The minimum Gasteiger partial charge on any atom is -0.473 e. The normalized spacial score (nSPS) is 7.78. The van der Waals surface area contributed by atoms with E-state index in [1.807, 2.05) is 197 Å². The van der Waals surface area contributed by atoms with Gasteiger partial charge in [0.1, 0.15) is 41.8 Å². The average Bonchev–Trinajstić information content (AvgIpc) is 1.69. The van der Waals surface area contributed by atoms with E-state index in [4.69, 9.17) is 0 Å². The molecule has 0 bridgehead atoms. The number of oxazole rings is 1. The van der Waals surface area contributed by atoms with E-state index in [9.17, 15) is 0 Å². The van der Waals surface area contributed by atoms with Crippen molar-refractivity contribution in [1.29, 1.82) is 0 Å². The van der Waals surface area contributed by atoms with Crippen LogP contribution in [0.25, 0.3) is 10.9 Å². The Morgan fingerprint density at radius 1 is 0.319 bits per heavy atom. The van der Waals surface area contributed by atoms with Gasteiger partial charge >= 0.3 is 0 Å². The van der Waals surface area contributed by atoms with Gasteiger partial charge in [0.25, 0.3) is 0 Å². The Balaban J connectivity index is -0.0000000524. The number of furan rings is 1. The van der Waals surface area contributed by atoms with E-state index in [1.165, 1.54) is 91.1 Å². The van der Waals surface area contributed by atoms with Crippen molar-refractivity contribution in [3.63, 3.8) is 0 Å². The summed E-state index contributed by atoms with van der Waals surface area (Å²) in [7, 11) is 0. The van der Waals surface area contributed by atoms with Crippen LogP contribution in [0.2, 0.25) is 0 Å². The molecule has 23 heteroatoms. The van der Waals surface area contributed by atoms with Crippen molar-refractivity contribution >= 4 is 56.4 Å². The van der Waals surface area contributed by atoms with Crippen LogP contribution in [0.3, 0.4) is 0 Å². The summed E-state index contributed by atoms with van der Waals surface area (Å²) in [4.78, 5) is 17.9. The lowest BCUT2D eigenvalue weighted by Crippen LogP contribution is -1.86. The average molecular weight is 1670 g/mol. The molecule has 1 aromatic carbocycles. The molecule has 10 aromatic heterocycles. The molecule has 0 atom stereocenters. The number of hydrogen-bond acceptors (Lipinski definition) is 21. The van der Waals surface area contributed by atoms with Gasteiger partial charge in [-0.25, -0.2) is 19.9 Å². The summed E-state index contributed by atoms with van der Waals surface area (Å²) in [5.41, 5.74) is 9.12. The first-order chi connectivity index (χ1) is 53.9. The van der Waals surface area contributed by atoms with Crippen molar-refractivity contribution in [3.8, 4) is 0 Å². The van der Waals surface area contributed by atoms with E-state index in [0.717, 1.165) is 58.8 Å². The van der Waals surface area contributed by atoms with Gasteiger partial charge in [-0.3, -0.25) is 15.2 Å². The molecule has 0 amide bonds. The molecule has 19 nitrogen and oxygen atoms in total. The molecular weight excluding hydrogens is 1480 g/mol. The van der Waals surface area contributed by atoms with Gasteiger partial charge in [0, 0.05) is 22.7 Å². The minimum absolute atomic E-state index is 0.511. The maximum atomic E-state index is 4.58. The van der Waals surface area contributed by atoms with Crippen LogP contribution in [0.4, 0.5) is 0 Å². The van der Waals surface area contributed by atoms with Gasteiger partial charge in [-0.05, 0) is 99.7 Å². The number of thiazole rings is 1. The Morgan fingerprint density at radius 2 is 0.726 bits per heavy atom. The van der Waals surface area contributed by atoms with Crippen molar-refractivity contribution in [3.05, 3.63) is 174 Å². The molecule has 0 spiro atoms. The van der Waals surface area contributed by atoms with Crippen molar-refractivity contribution < 1.29 is 17.8 Å². The molecule has 0 fully saturated rings. The number of para-hydroxylation sites is 1. The molecule has 0 aliphatic heterocycles. The van der Waals surface area contributed by atoms with Crippen LogP contribution >= 0.6 is 45.5 Å². The van der Waals surface area contributed by atoms with Gasteiger partial charge in [0.05, 0.1) is 29.8 Å². The predicted molar refractivity (Wildman–Crippen MR) is 515 cm³/mol. The Kier molecular flexibility index (Phi) is 220. The molecule has 0 unspecified atom stereocenters. The van der Waals surface area contributed by atoms with E-state index in [-0.39, 0.29) is 0 Å². The third kappa shape index (κ3) is 290. The highest BCUT2D eigenvalue weighted by Crippen LogP contribution is 2.21. The van der Waals surface area contributed by atoms with E-state index < -0.39 is 0 Å². The molecule has 11 rings (SSSR count). The summed E-state index contributed by atoms with van der Waals surface area (Å²) >= 11 is 6.16. The number of rotatable bonds is 1. The number of fused-ring (bicyclic) bond motifs is 1. The Labute approximate surface area is 717 Å². The summed E-state index contributed by atoms with van der Waals surface area (Å²) < 4.78 is 21.3. The molecule has 0 aliphatic carbocycles. The van der Waals surface area contributed by atoms with E-state index in [1.54, 1.807) is 69.6 Å². The number of benzene rings is 1. The molecule has 0 aliphatic rings. The van der Waals surface area contributed by atoms with Crippen LogP contribution in [0, 0.1) is 53.3 Å². The molecule has 11 aromatic rings. The molecule has 2 N–H and O–H groups in total. The first kappa shape index (κ1) is 151. The van der Waals surface area contributed by atoms with Crippen molar-refractivity contribution in [2.45, 2.75) is 345 Å². The summed E-state index contributed by atoms with van der Waals surface area (Å²) in [5.74, 6) is 8.01. The monoisotopic (exact) mass is 1670 g/mol. The van der Waals surface area contributed by atoms with Gasteiger partial charge in [-0.2, -0.15) is 25.9 Å². The lowest BCUT2D eigenvalue weighted by Gasteiger charge is -1.99. The van der Waals surface area contributed by atoms with E-state index in [0.29, 0.717) is 5.92 Å². The van der Waals surface area contributed by atoms with Gasteiger partial charge in [0.2, 0.25) is 19.2 Å². The third-order valence-electron chi connectivity index (χ3n) is 5.08. The molecule has 10 heterocycles.